The van der Waals surface area contributed by atoms with Gasteiger partial charge in [-0.05, 0) is 18.2 Å². The predicted molar refractivity (Wildman–Crippen MR) is 52.4 cm³/mol. The molecule has 0 heterocycles. The van der Waals surface area contributed by atoms with Gasteiger partial charge in [0, 0.05) is 19.7 Å². The van der Waals surface area contributed by atoms with Gasteiger partial charge >= 0.3 is 0 Å². The largest absolute Gasteiger partial charge is 0.355 e. The number of amides is 1. The number of benzene rings is 1. The second kappa shape index (κ2) is 3.91. The SMILES string of the molecule is CNC(=O)c1cccc(N(C)N)c1. The molecule has 0 saturated carbocycles. The highest BCUT2D eigenvalue weighted by Gasteiger charge is 2.03. The van der Waals surface area contributed by atoms with Crippen molar-refractivity contribution in [2.75, 3.05) is 19.1 Å². The monoisotopic (exact) mass is 179 g/mol. The van der Waals surface area contributed by atoms with Crippen LogP contribution in [0, 0.1) is 0 Å². The smallest absolute Gasteiger partial charge is 0.251 e. The summed E-state index contributed by atoms with van der Waals surface area (Å²) in [5, 5.41) is 4.01. The lowest BCUT2D eigenvalue weighted by Crippen LogP contribution is -2.25. The topological polar surface area (TPSA) is 58.4 Å². The molecule has 1 aromatic carbocycles. The molecule has 0 aliphatic rings. The molecule has 3 N–H and O–H groups in total. The van der Waals surface area contributed by atoms with Crippen molar-refractivity contribution >= 4 is 11.6 Å². The van der Waals surface area contributed by atoms with Gasteiger partial charge in [0.15, 0.2) is 0 Å². The Balaban J connectivity index is 2.98. The molecule has 13 heavy (non-hydrogen) atoms. The average Bonchev–Trinajstić information content (AvgIpc) is 2.17. The van der Waals surface area contributed by atoms with Crippen molar-refractivity contribution in [2.45, 2.75) is 0 Å². The second-order valence-corrected chi connectivity index (χ2v) is 2.74. The van der Waals surface area contributed by atoms with E-state index in [4.69, 9.17) is 5.84 Å². The van der Waals surface area contributed by atoms with E-state index < -0.39 is 0 Å². The van der Waals surface area contributed by atoms with Crippen LogP contribution in [0.2, 0.25) is 0 Å². The van der Waals surface area contributed by atoms with Gasteiger partial charge in [-0.3, -0.25) is 4.79 Å². The van der Waals surface area contributed by atoms with E-state index in [0.29, 0.717) is 5.56 Å². The minimum Gasteiger partial charge on any atom is -0.355 e. The Kier molecular flexibility index (Phi) is 2.87. The lowest BCUT2D eigenvalue weighted by Gasteiger charge is -2.12. The highest BCUT2D eigenvalue weighted by Crippen LogP contribution is 2.11. The summed E-state index contributed by atoms with van der Waals surface area (Å²) in [7, 11) is 3.32. The van der Waals surface area contributed by atoms with Gasteiger partial charge in [-0.25, -0.2) is 5.84 Å². The molecule has 70 valence electrons. The number of carbonyl (C=O) groups is 1. The molecule has 0 saturated heterocycles. The summed E-state index contributed by atoms with van der Waals surface area (Å²) in [4.78, 5) is 11.2. The number of hydrogen-bond donors (Lipinski definition) is 2. The van der Waals surface area contributed by atoms with E-state index in [1.165, 1.54) is 5.01 Å². The Labute approximate surface area is 77.3 Å². The zero-order valence-electron chi connectivity index (χ0n) is 7.74. The first-order valence-electron chi connectivity index (χ1n) is 3.95. The van der Waals surface area contributed by atoms with Crippen molar-refractivity contribution in [3.8, 4) is 0 Å². The summed E-state index contributed by atoms with van der Waals surface area (Å²) in [6, 6.07) is 7.11. The molecule has 0 radical (unpaired) electrons. The fourth-order valence-electron chi connectivity index (χ4n) is 1.01. The third-order valence-electron chi connectivity index (χ3n) is 1.74. The van der Waals surface area contributed by atoms with Crippen molar-refractivity contribution in [3.63, 3.8) is 0 Å². The van der Waals surface area contributed by atoms with Gasteiger partial charge in [-0.15, -0.1) is 0 Å². The van der Waals surface area contributed by atoms with Crippen LogP contribution in [-0.2, 0) is 0 Å². The van der Waals surface area contributed by atoms with Crippen molar-refractivity contribution in [1.82, 2.24) is 5.32 Å². The highest BCUT2D eigenvalue weighted by atomic mass is 16.1. The van der Waals surface area contributed by atoms with Crippen LogP contribution in [0.4, 0.5) is 5.69 Å². The van der Waals surface area contributed by atoms with Crippen LogP contribution < -0.4 is 16.2 Å². The van der Waals surface area contributed by atoms with Crippen molar-refractivity contribution in [3.05, 3.63) is 29.8 Å². The number of nitrogens with zero attached hydrogens (tertiary/aromatic N) is 1. The minimum absolute atomic E-state index is 0.108. The van der Waals surface area contributed by atoms with E-state index in [1.807, 2.05) is 6.07 Å². The molecule has 0 aliphatic heterocycles. The maximum atomic E-state index is 11.2. The van der Waals surface area contributed by atoms with Crippen LogP contribution >= 0.6 is 0 Å². The van der Waals surface area contributed by atoms with Gasteiger partial charge < -0.3 is 10.3 Å². The maximum absolute atomic E-state index is 11.2. The molecule has 0 fully saturated rings. The Bertz CT molecular complexity index is 309. The van der Waals surface area contributed by atoms with Gasteiger partial charge in [-0.1, -0.05) is 6.07 Å². The number of nitrogens with two attached hydrogens (primary N) is 1. The van der Waals surface area contributed by atoms with E-state index >= 15 is 0 Å². The number of carbonyl (C=O) groups excluding carboxylic acids is 1. The van der Waals surface area contributed by atoms with Crippen LogP contribution in [0.5, 0.6) is 0 Å². The number of hydrazine groups is 1. The molecule has 0 aliphatic carbocycles. The molecule has 0 aromatic heterocycles. The normalized spacial score (nSPS) is 9.46. The molecule has 0 bridgehead atoms. The molecule has 0 unspecified atom stereocenters. The second-order valence-electron chi connectivity index (χ2n) is 2.74. The molecule has 4 nitrogen and oxygen atoms in total. The number of nitrogens with one attached hydrogen (secondary N) is 1. The zero-order valence-corrected chi connectivity index (χ0v) is 7.74. The molecule has 0 spiro atoms. The summed E-state index contributed by atoms with van der Waals surface area (Å²) in [5.41, 5.74) is 1.42. The first-order chi connectivity index (χ1) is 6.15. The third-order valence-corrected chi connectivity index (χ3v) is 1.74. The van der Waals surface area contributed by atoms with E-state index in [-0.39, 0.29) is 5.91 Å². The molecule has 4 heteroatoms. The molecular formula is C9H13N3O. The van der Waals surface area contributed by atoms with Crippen LogP contribution in [0.3, 0.4) is 0 Å². The fourth-order valence-corrected chi connectivity index (χ4v) is 1.01. The van der Waals surface area contributed by atoms with Gasteiger partial charge in [0.2, 0.25) is 0 Å². The highest BCUT2D eigenvalue weighted by molar-refractivity contribution is 5.94. The van der Waals surface area contributed by atoms with Crippen molar-refractivity contribution < 1.29 is 4.79 Å². The number of rotatable bonds is 2. The van der Waals surface area contributed by atoms with E-state index in [0.717, 1.165) is 5.69 Å². The first-order valence-corrected chi connectivity index (χ1v) is 3.95. The van der Waals surface area contributed by atoms with Gasteiger partial charge in [0.25, 0.3) is 5.91 Å². The van der Waals surface area contributed by atoms with Crippen molar-refractivity contribution in [2.24, 2.45) is 5.84 Å². The Morgan fingerprint density at radius 1 is 1.54 bits per heavy atom. The quantitative estimate of drug-likeness (QED) is 0.509. The van der Waals surface area contributed by atoms with E-state index in [2.05, 4.69) is 5.32 Å². The molecule has 1 aromatic rings. The summed E-state index contributed by atoms with van der Waals surface area (Å²) >= 11 is 0. The maximum Gasteiger partial charge on any atom is 0.251 e. The Morgan fingerprint density at radius 3 is 2.77 bits per heavy atom. The van der Waals surface area contributed by atoms with Gasteiger partial charge in [0.05, 0.1) is 5.69 Å². The average molecular weight is 179 g/mol. The minimum atomic E-state index is -0.108. The molecule has 1 amide bonds. The molecule has 1 rings (SSSR count). The molecule has 0 atom stereocenters. The lowest BCUT2D eigenvalue weighted by atomic mass is 10.2. The van der Waals surface area contributed by atoms with Crippen LogP contribution in [0.1, 0.15) is 10.4 Å². The van der Waals surface area contributed by atoms with Crippen LogP contribution in [0.25, 0.3) is 0 Å². The zero-order chi connectivity index (χ0) is 9.84. The third kappa shape index (κ3) is 2.19. The van der Waals surface area contributed by atoms with Crippen LogP contribution in [-0.4, -0.2) is 20.0 Å². The van der Waals surface area contributed by atoms with Crippen LogP contribution in [0.15, 0.2) is 24.3 Å². The first kappa shape index (κ1) is 9.54. The summed E-state index contributed by atoms with van der Waals surface area (Å²) in [6.45, 7) is 0. The number of anilines is 1. The van der Waals surface area contributed by atoms with E-state index in [9.17, 15) is 4.79 Å². The van der Waals surface area contributed by atoms with Gasteiger partial charge in [-0.2, -0.15) is 0 Å². The Morgan fingerprint density at radius 2 is 2.23 bits per heavy atom. The van der Waals surface area contributed by atoms with Gasteiger partial charge in [0.1, 0.15) is 0 Å². The lowest BCUT2D eigenvalue weighted by molar-refractivity contribution is 0.0963. The summed E-state index contributed by atoms with van der Waals surface area (Å²) in [5.74, 6) is 5.42. The fraction of sp³-hybridized carbons (Fsp3) is 0.222. The number of hydrogen-bond acceptors (Lipinski definition) is 3. The molecular weight excluding hydrogens is 166 g/mol. The van der Waals surface area contributed by atoms with E-state index in [1.54, 1.807) is 32.3 Å². The standard InChI is InChI=1S/C9H13N3O/c1-11-9(13)7-4-3-5-8(6-7)12(2)10/h3-6H,10H2,1-2H3,(H,11,13). The summed E-state index contributed by atoms with van der Waals surface area (Å²) in [6.07, 6.45) is 0. The predicted octanol–water partition coefficient (Wildman–Crippen LogP) is 0.356. The Hall–Kier alpha value is -1.55. The van der Waals surface area contributed by atoms with Crippen molar-refractivity contribution in [1.29, 1.82) is 0 Å². The summed E-state index contributed by atoms with van der Waals surface area (Å²) < 4.78 is 0.